The fourth-order valence-electron chi connectivity index (χ4n) is 2.94. The molecule has 2 rings (SSSR count). The summed E-state index contributed by atoms with van der Waals surface area (Å²) < 4.78 is 0. The maximum absolute atomic E-state index is 4.61. The Morgan fingerprint density at radius 2 is 2.41 bits per heavy atom. The molecule has 1 aromatic rings. The molecule has 0 saturated carbocycles. The molecule has 0 bridgehead atoms. The maximum atomic E-state index is 4.61. The topological polar surface area (TPSA) is 24.9 Å². The van der Waals surface area contributed by atoms with E-state index in [4.69, 9.17) is 0 Å². The van der Waals surface area contributed by atoms with E-state index in [-0.39, 0.29) is 0 Å². The summed E-state index contributed by atoms with van der Waals surface area (Å²) in [5, 5.41) is 3.39. The Morgan fingerprint density at radius 3 is 3.18 bits per heavy atom. The maximum Gasteiger partial charge on any atom is 0.0466 e. The van der Waals surface area contributed by atoms with Crippen LogP contribution in [0.5, 0.6) is 0 Å². The van der Waals surface area contributed by atoms with Crippen LogP contribution in [-0.4, -0.2) is 18.1 Å². The van der Waals surface area contributed by atoms with Crippen molar-refractivity contribution < 1.29 is 0 Å². The van der Waals surface area contributed by atoms with Crippen molar-refractivity contribution in [3.8, 4) is 0 Å². The van der Waals surface area contributed by atoms with Gasteiger partial charge in [-0.1, -0.05) is 13.0 Å². The molecular weight excluding hydrogens is 208 g/mol. The van der Waals surface area contributed by atoms with E-state index in [1.807, 2.05) is 6.20 Å². The predicted molar refractivity (Wildman–Crippen MR) is 72.3 cm³/mol. The molecule has 1 heterocycles. The van der Waals surface area contributed by atoms with E-state index in [0.29, 0.717) is 12.0 Å². The first-order valence-corrected chi connectivity index (χ1v) is 6.96. The van der Waals surface area contributed by atoms with Crippen molar-refractivity contribution in [1.82, 2.24) is 10.3 Å². The minimum atomic E-state index is 0.670. The number of rotatable bonds is 5. The van der Waals surface area contributed by atoms with Crippen LogP contribution in [0.15, 0.2) is 18.3 Å². The van der Waals surface area contributed by atoms with Crippen LogP contribution in [0.25, 0.3) is 0 Å². The molecule has 2 heteroatoms. The summed E-state index contributed by atoms with van der Waals surface area (Å²) in [6, 6.07) is 5.00. The molecule has 1 aliphatic rings. The zero-order valence-corrected chi connectivity index (χ0v) is 11.1. The van der Waals surface area contributed by atoms with Gasteiger partial charge in [-0.25, -0.2) is 0 Å². The Balaban J connectivity index is 1.99. The van der Waals surface area contributed by atoms with E-state index in [1.54, 1.807) is 0 Å². The highest BCUT2D eigenvalue weighted by Gasteiger charge is 2.21. The highest BCUT2D eigenvalue weighted by Crippen LogP contribution is 2.33. The third-order valence-electron chi connectivity index (χ3n) is 4.08. The number of aromatic nitrogens is 1. The fourth-order valence-corrected chi connectivity index (χ4v) is 2.94. The number of pyridine rings is 1. The second-order valence-electron chi connectivity index (χ2n) is 5.11. The zero-order valence-electron chi connectivity index (χ0n) is 11.1. The van der Waals surface area contributed by atoms with E-state index in [9.17, 15) is 0 Å². The van der Waals surface area contributed by atoms with Gasteiger partial charge in [-0.3, -0.25) is 4.98 Å². The van der Waals surface area contributed by atoms with Gasteiger partial charge in [-0.15, -0.1) is 0 Å². The summed E-state index contributed by atoms with van der Waals surface area (Å²) >= 11 is 0. The van der Waals surface area contributed by atoms with Crippen molar-refractivity contribution in [2.24, 2.45) is 0 Å². The van der Waals surface area contributed by atoms with Crippen molar-refractivity contribution in [2.75, 3.05) is 7.05 Å². The van der Waals surface area contributed by atoms with Crippen LogP contribution in [-0.2, 0) is 6.42 Å². The van der Waals surface area contributed by atoms with E-state index in [2.05, 4.69) is 36.4 Å². The van der Waals surface area contributed by atoms with Crippen LogP contribution < -0.4 is 5.32 Å². The zero-order chi connectivity index (χ0) is 12.1. The summed E-state index contributed by atoms with van der Waals surface area (Å²) in [5.41, 5.74) is 2.87. The second-order valence-corrected chi connectivity index (χ2v) is 5.11. The lowest BCUT2D eigenvalue weighted by Gasteiger charge is -2.25. The Hall–Kier alpha value is -0.890. The van der Waals surface area contributed by atoms with Gasteiger partial charge in [0, 0.05) is 23.9 Å². The molecule has 1 N–H and O–H groups in total. The minimum Gasteiger partial charge on any atom is -0.317 e. The van der Waals surface area contributed by atoms with Gasteiger partial charge >= 0.3 is 0 Å². The molecule has 0 saturated heterocycles. The lowest BCUT2D eigenvalue weighted by atomic mass is 9.83. The largest absolute Gasteiger partial charge is 0.317 e. The Labute approximate surface area is 105 Å². The van der Waals surface area contributed by atoms with Gasteiger partial charge in [-0.05, 0) is 57.2 Å². The van der Waals surface area contributed by atoms with Crippen molar-refractivity contribution in [1.29, 1.82) is 0 Å². The molecule has 1 aliphatic carbocycles. The molecule has 2 nitrogen and oxygen atoms in total. The normalized spacial score (nSPS) is 20.9. The van der Waals surface area contributed by atoms with Crippen molar-refractivity contribution in [3.63, 3.8) is 0 Å². The first-order valence-electron chi connectivity index (χ1n) is 6.96. The smallest absolute Gasteiger partial charge is 0.0466 e. The molecule has 0 aliphatic heterocycles. The fraction of sp³-hybridized carbons (Fsp3) is 0.667. The van der Waals surface area contributed by atoms with Gasteiger partial charge in [0.2, 0.25) is 0 Å². The molecule has 0 aromatic carbocycles. The van der Waals surface area contributed by atoms with Crippen LogP contribution in [0.4, 0.5) is 0 Å². The Morgan fingerprint density at radius 1 is 1.53 bits per heavy atom. The number of hydrogen-bond donors (Lipinski definition) is 1. The lowest BCUT2D eigenvalue weighted by Crippen LogP contribution is -2.25. The van der Waals surface area contributed by atoms with Crippen LogP contribution in [0.2, 0.25) is 0 Å². The summed E-state index contributed by atoms with van der Waals surface area (Å²) in [6.45, 7) is 2.26. The first-order chi connectivity index (χ1) is 8.35. The minimum absolute atomic E-state index is 0.670. The average molecular weight is 232 g/mol. The van der Waals surface area contributed by atoms with Gasteiger partial charge in [0.15, 0.2) is 0 Å². The molecular formula is C15H24N2. The molecule has 0 fully saturated rings. The molecule has 0 spiro atoms. The van der Waals surface area contributed by atoms with Crippen molar-refractivity contribution in [2.45, 2.75) is 57.4 Å². The molecule has 0 amide bonds. The van der Waals surface area contributed by atoms with E-state index in [1.165, 1.54) is 49.8 Å². The van der Waals surface area contributed by atoms with Crippen LogP contribution in [0.3, 0.4) is 0 Å². The second kappa shape index (κ2) is 6.15. The summed E-state index contributed by atoms with van der Waals surface area (Å²) in [5.74, 6) is 0.697. The summed E-state index contributed by atoms with van der Waals surface area (Å²) in [7, 11) is 2.07. The lowest BCUT2D eigenvalue weighted by molar-refractivity contribution is 0.428. The number of nitrogens with zero attached hydrogens (tertiary/aromatic N) is 1. The Bertz CT molecular complexity index is 345. The van der Waals surface area contributed by atoms with E-state index in [0.717, 1.165) is 0 Å². The van der Waals surface area contributed by atoms with Crippen LogP contribution in [0.1, 0.15) is 56.2 Å². The molecule has 17 heavy (non-hydrogen) atoms. The highest BCUT2D eigenvalue weighted by atomic mass is 14.9. The van der Waals surface area contributed by atoms with E-state index >= 15 is 0 Å². The first kappa shape index (κ1) is 12.6. The molecule has 2 atom stereocenters. The molecule has 2 unspecified atom stereocenters. The van der Waals surface area contributed by atoms with Gasteiger partial charge in [0.25, 0.3) is 0 Å². The number of hydrogen-bond acceptors (Lipinski definition) is 2. The van der Waals surface area contributed by atoms with E-state index < -0.39 is 0 Å². The van der Waals surface area contributed by atoms with Gasteiger partial charge in [-0.2, -0.15) is 0 Å². The molecule has 1 aromatic heterocycles. The third-order valence-corrected chi connectivity index (χ3v) is 4.08. The van der Waals surface area contributed by atoms with Gasteiger partial charge in [0.1, 0.15) is 0 Å². The van der Waals surface area contributed by atoms with Crippen molar-refractivity contribution >= 4 is 0 Å². The Kier molecular flexibility index (Phi) is 4.55. The predicted octanol–water partition coefficient (Wildman–Crippen LogP) is 3.28. The molecule has 94 valence electrons. The average Bonchev–Trinajstić information content (AvgIpc) is 2.40. The number of aryl methyl sites for hydroxylation is 1. The summed E-state index contributed by atoms with van der Waals surface area (Å²) in [6.07, 6.45) is 9.61. The monoisotopic (exact) mass is 232 g/mol. The highest BCUT2D eigenvalue weighted by molar-refractivity contribution is 5.25. The standard InChI is InChI=1S/C15H24N2/c1-3-14(16-2)10-9-13-7-4-6-12-8-5-11-17-15(12)13/h5,8,11,13-14,16H,3-4,6-7,9-10H2,1-2H3. The number of nitrogens with one attached hydrogen (secondary N) is 1. The SMILES string of the molecule is CCC(CCC1CCCc2cccnc21)NC. The molecule has 0 radical (unpaired) electrons. The third kappa shape index (κ3) is 3.06. The van der Waals surface area contributed by atoms with Gasteiger partial charge in [0.05, 0.1) is 0 Å². The van der Waals surface area contributed by atoms with Gasteiger partial charge < -0.3 is 5.32 Å². The van der Waals surface area contributed by atoms with Crippen molar-refractivity contribution in [3.05, 3.63) is 29.6 Å². The summed E-state index contributed by atoms with van der Waals surface area (Å²) in [4.78, 5) is 4.61. The number of fused-ring (bicyclic) bond motifs is 1. The van der Waals surface area contributed by atoms with Crippen LogP contribution >= 0.6 is 0 Å². The quantitative estimate of drug-likeness (QED) is 0.842. The van der Waals surface area contributed by atoms with Crippen LogP contribution in [0, 0.1) is 0 Å².